The maximum Gasteiger partial charge on any atom is 0.244 e. The van der Waals surface area contributed by atoms with Gasteiger partial charge < -0.3 is 15.0 Å². The Labute approximate surface area is 108 Å². The standard InChI is InChI=1S/C14H20N2O2/c1-10-8-9-15-11(2)14(17)16(10)12-6-4-5-7-13(12)18-3/h4-7,10-11,15H,8-9H2,1-3H3. The van der Waals surface area contributed by atoms with E-state index in [9.17, 15) is 4.79 Å². The van der Waals surface area contributed by atoms with Crippen LogP contribution < -0.4 is 15.0 Å². The Balaban J connectivity index is 2.41. The molecular weight excluding hydrogens is 228 g/mol. The molecule has 1 saturated heterocycles. The summed E-state index contributed by atoms with van der Waals surface area (Å²) < 4.78 is 5.36. The predicted molar refractivity (Wildman–Crippen MR) is 72.0 cm³/mol. The lowest BCUT2D eigenvalue weighted by atomic mass is 10.1. The Hall–Kier alpha value is -1.55. The Bertz CT molecular complexity index is 434. The SMILES string of the molecule is COc1ccccc1N1C(=O)C(C)NCCC1C. The third kappa shape index (κ3) is 2.34. The minimum absolute atomic E-state index is 0.101. The summed E-state index contributed by atoms with van der Waals surface area (Å²) in [5, 5.41) is 3.23. The number of benzene rings is 1. The number of para-hydroxylation sites is 2. The molecule has 1 aliphatic heterocycles. The highest BCUT2D eigenvalue weighted by Gasteiger charge is 2.30. The fraction of sp³-hybridized carbons (Fsp3) is 0.500. The van der Waals surface area contributed by atoms with Crippen molar-refractivity contribution >= 4 is 11.6 Å². The van der Waals surface area contributed by atoms with E-state index in [0.29, 0.717) is 0 Å². The molecule has 0 spiro atoms. The fourth-order valence-corrected chi connectivity index (χ4v) is 2.34. The van der Waals surface area contributed by atoms with Crippen molar-refractivity contribution < 1.29 is 9.53 Å². The average molecular weight is 248 g/mol. The van der Waals surface area contributed by atoms with Crippen LogP contribution >= 0.6 is 0 Å². The summed E-state index contributed by atoms with van der Waals surface area (Å²) in [5.74, 6) is 0.844. The summed E-state index contributed by atoms with van der Waals surface area (Å²) in [6.07, 6.45) is 0.939. The van der Waals surface area contributed by atoms with Gasteiger partial charge in [-0.05, 0) is 38.9 Å². The third-order valence-corrected chi connectivity index (χ3v) is 3.41. The minimum atomic E-state index is -0.153. The molecule has 0 radical (unpaired) electrons. The lowest BCUT2D eigenvalue weighted by Crippen LogP contribution is -2.44. The fourth-order valence-electron chi connectivity index (χ4n) is 2.34. The Morgan fingerprint density at radius 1 is 1.33 bits per heavy atom. The first-order chi connectivity index (χ1) is 8.65. The molecule has 0 aromatic heterocycles. The molecule has 0 saturated carbocycles. The number of methoxy groups -OCH3 is 1. The van der Waals surface area contributed by atoms with Crippen LogP contribution in [0.25, 0.3) is 0 Å². The van der Waals surface area contributed by atoms with Crippen LogP contribution in [-0.4, -0.2) is 31.6 Å². The number of carbonyl (C=O) groups is 1. The summed E-state index contributed by atoms with van der Waals surface area (Å²) in [4.78, 5) is 14.3. The van der Waals surface area contributed by atoms with E-state index in [1.807, 2.05) is 36.1 Å². The van der Waals surface area contributed by atoms with E-state index < -0.39 is 0 Å². The van der Waals surface area contributed by atoms with Crippen molar-refractivity contribution in [1.29, 1.82) is 0 Å². The molecule has 1 N–H and O–H groups in total. The second-order valence-electron chi connectivity index (χ2n) is 4.69. The summed E-state index contributed by atoms with van der Waals surface area (Å²) >= 11 is 0. The number of hydrogen-bond acceptors (Lipinski definition) is 3. The van der Waals surface area contributed by atoms with Gasteiger partial charge in [0.1, 0.15) is 5.75 Å². The van der Waals surface area contributed by atoms with Crippen LogP contribution in [0.5, 0.6) is 5.75 Å². The zero-order chi connectivity index (χ0) is 13.1. The van der Waals surface area contributed by atoms with Crippen LogP contribution in [0.1, 0.15) is 20.3 Å². The molecule has 18 heavy (non-hydrogen) atoms. The molecule has 0 bridgehead atoms. The zero-order valence-corrected chi connectivity index (χ0v) is 11.1. The van der Waals surface area contributed by atoms with E-state index in [0.717, 1.165) is 24.4 Å². The Morgan fingerprint density at radius 3 is 2.78 bits per heavy atom. The van der Waals surface area contributed by atoms with Gasteiger partial charge in [-0.25, -0.2) is 0 Å². The van der Waals surface area contributed by atoms with Gasteiger partial charge >= 0.3 is 0 Å². The molecular formula is C14H20N2O2. The first-order valence-electron chi connectivity index (χ1n) is 6.34. The van der Waals surface area contributed by atoms with Crippen LogP contribution in [0.4, 0.5) is 5.69 Å². The largest absolute Gasteiger partial charge is 0.495 e. The predicted octanol–water partition coefficient (Wildman–Crippen LogP) is 1.80. The number of hydrogen-bond donors (Lipinski definition) is 1. The summed E-state index contributed by atoms with van der Waals surface area (Å²) in [5.41, 5.74) is 0.855. The van der Waals surface area contributed by atoms with Crippen LogP contribution in [0.2, 0.25) is 0 Å². The molecule has 1 aliphatic rings. The molecule has 0 aliphatic carbocycles. The first-order valence-corrected chi connectivity index (χ1v) is 6.34. The maximum atomic E-state index is 12.4. The van der Waals surface area contributed by atoms with E-state index in [4.69, 9.17) is 4.74 Å². The molecule has 98 valence electrons. The molecule has 1 heterocycles. The van der Waals surface area contributed by atoms with Crippen molar-refractivity contribution in [3.8, 4) is 5.75 Å². The number of nitrogens with one attached hydrogen (secondary N) is 1. The van der Waals surface area contributed by atoms with E-state index in [-0.39, 0.29) is 18.0 Å². The first kappa shape index (κ1) is 12.9. The molecule has 4 nitrogen and oxygen atoms in total. The van der Waals surface area contributed by atoms with Gasteiger partial charge in [-0.15, -0.1) is 0 Å². The Kier molecular flexibility index (Phi) is 3.87. The summed E-state index contributed by atoms with van der Waals surface area (Å²) in [6, 6.07) is 7.69. The van der Waals surface area contributed by atoms with Crippen molar-refractivity contribution in [3.05, 3.63) is 24.3 Å². The van der Waals surface area contributed by atoms with Gasteiger partial charge in [-0.2, -0.15) is 0 Å². The van der Waals surface area contributed by atoms with Crippen molar-refractivity contribution in [1.82, 2.24) is 5.32 Å². The van der Waals surface area contributed by atoms with Crippen LogP contribution in [0, 0.1) is 0 Å². The number of nitrogens with zero attached hydrogens (tertiary/aromatic N) is 1. The lowest BCUT2D eigenvalue weighted by molar-refractivity contribution is -0.120. The van der Waals surface area contributed by atoms with Crippen molar-refractivity contribution in [2.24, 2.45) is 0 Å². The van der Waals surface area contributed by atoms with Gasteiger partial charge in [0.15, 0.2) is 0 Å². The number of rotatable bonds is 2. The molecule has 1 aromatic carbocycles. The maximum absolute atomic E-state index is 12.4. The normalized spacial score (nSPS) is 24.8. The summed E-state index contributed by atoms with van der Waals surface area (Å²) in [6.45, 7) is 4.84. The second-order valence-corrected chi connectivity index (χ2v) is 4.69. The number of carbonyl (C=O) groups excluding carboxylic acids is 1. The van der Waals surface area contributed by atoms with Gasteiger partial charge in [0.2, 0.25) is 5.91 Å². The minimum Gasteiger partial charge on any atom is -0.495 e. The molecule has 1 fully saturated rings. The number of amides is 1. The zero-order valence-electron chi connectivity index (χ0n) is 11.1. The smallest absolute Gasteiger partial charge is 0.244 e. The van der Waals surface area contributed by atoms with Gasteiger partial charge in [0, 0.05) is 6.04 Å². The van der Waals surface area contributed by atoms with Gasteiger partial charge in [-0.3, -0.25) is 4.79 Å². The molecule has 1 amide bonds. The van der Waals surface area contributed by atoms with Crippen LogP contribution in [-0.2, 0) is 4.79 Å². The van der Waals surface area contributed by atoms with Gasteiger partial charge in [0.05, 0.1) is 18.8 Å². The van der Waals surface area contributed by atoms with Gasteiger partial charge in [-0.1, -0.05) is 12.1 Å². The quantitative estimate of drug-likeness (QED) is 0.867. The highest BCUT2D eigenvalue weighted by atomic mass is 16.5. The Morgan fingerprint density at radius 2 is 2.06 bits per heavy atom. The number of anilines is 1. The third-order valence-electron chi connectivity index (χ3n) is 3.41. The van der Waals surface area contributed by atoms with Crippen LogP contribution in [0.3, 0.4) is 0 Å². The van der Waals surface area contributed by atoms with E-state index in [1.54, 1.807) is 7.11 Å². The topological polar surface area (TPSA) is 41.6 Å². The molecule has 2 unspecified atom stereocenters. The molecule has 2 atom stereocenters. The van der Waals surface area contributed by atoms with Gasteiger partial charge in [0.25, 0.3) is 0 Å². The lowest BCUT2D eigenvalue weighted by Gasteiger charge is -2.29. The van der Waals surface area contributed by atoms with E-state index >= 15 is 0 Å². The molecule has 2 rings (SSSR count). The molecule has 4 heteroatoms. The second kappa shape index (κ2) is 5.40. The monoisotopic (exact) mass is 248 g/mol. The average Bonchev–Trinajstić information content (AvgIpc) is 2.50. The highest BCUT2D eigenvalue weighted by Crippen LogP contribution is 2.31. The number of ether oxygens (including phenoxy) is 1. The van der Waals surface area contributed by atoms with Crippen molar-refractivity contribution in [2.75, 3.05) is 18.6 Å². The van der Waals surface area contributed by atoms with Crippen LogP contribution in [0.15, 0.2) is 24.3 Å². The molecule has 1 aromatic rings. The van der Waals surface area contributed by atoms with Crippen molar-refractivity contribution in [3.63, 3.8) is 0 Å². The van der Waals surface area contributed by atoms with E-state index in [1.165, 1.54) is 0 Å². The van der Waals surface area contributed by atoms with E-state index in [2.05, 4.69) is 12.2 Å². The van der Waals surface area contributed by atoms with Crippen molar-refractivity contribution in [2.45, 2.75) is 32.4 Å². The highest BCUT2D eigenvalue weighted by molar-refractivity contribution is 5.99. The summed E-state index contributed by atoms with van der Waals surface area (Å²) in [7, 11) is 1.63.